The summed E-state index contributed by atoms with van der Waals surface area (Å²) in [5.41, 5.74) is 4.80. The minimum absolute atomic E-state index is 0.163. The van der Waals surface area contributed by atoms with Crippen molar-refractivity contribution >= 4 is 47.0 Å². The average molecular weight is 474 g/mol. The maximum absolute atomic E-state index is 6.46. The van der Waals surface area contributed by atoms with E-state index < -0.39 is 0 Å². The van der Waals surface area contributed by atoms with E-state index in [9.17, 15) is 0 Å². The first kappa shape index (κ1) is 21.8. The second kappa shape index (κ2) is 9.71. The van der Waals surface area contributed by atoms with Crippen LogP contribution in [0.25, 0.3) is 0 Å². The van der Waals surface area contributed by atoms with Crippen LogP contribution >= 0.6 is 47.0 Å². The number of nitrogens with zero attached hydrogens (tertiary/aromatic N) is 2. The molecule has 3 aromatic rings. The minimum atomic E-state index is 0.163. The smallest absolute Gasteiger partial charge is 0.214 e. The number of H-pyrrole nitrogens is 1. The minimum Gasteiger partial charge on any atom is -0.493 e. The lowest BCUT2D eigenvalue weighted by Crippen LogP contribution is -2.17. The highest BCUT2D eigenvalue weighted by atomic mass is 35.5. The van der Waals surface area contributed by atoms with Crippen LogP contribution in [0.1, 0.15) is 23.9 Å². The second-order valence-electron chi connectivity index (χ2n) is 6.07. The number of hydrogen-bond acceptors (Lipinski definition) is 5. The fraction of sp³-hybridized carbons (Fsp3) is 0.263. The van der Waals surface area contributed by atoms with Crippen molar-refractivity contribution in [2.75, 3.05) is 12.5 Å². The number of aromatic amines is 1. The standard InChI is InChI=1S/C19H19Cl3N4O2S/c1-3-17-24-25-19(29)26(17)23-9-11-7-15(22)18(16(8-11)27-2)28-10-12-13(20)5-4-6-14(12)21/h4-8,23H,3,9-10H2,1-2H3,(H,25,29). The predicted octanol–water partition coefficient (Wildman–Crippen LogP) is 5.79. The van der Waals surface area contributed by atoms with E-state index in [2.05, 4.69) is 15.6 Å². The number of methoxy groups -OCH3 is 1. The van der Waals surface area contributed by atoms with Crippen LogP contribution in [-0.4, -0.2) is 22.0 Å². The topological polar surface area (TPSA) is 64.1 Å². The predicted molar refractivity (Wildman–Crippen MR) is 119 cm³/mol. The van der Waals surface area contributed by atoms with Gasteiger partial charge in [0, 0.05) is 22.0 Å². The quantitative estimate of drug-likeness (QED) is 0.405. The number of aryl methyl sites for hydroxylation is 1. The van der Waals surface area contributed by atoms with Gasteiger partial charge in [-0.2, -0.15) is 5.10 Å². The van der Waals surface area contributed by atoms with Crippen LogP contribution in [0.4, 0.5) is 0 Å². The first-order valence-corrected chi connectivity index (χ1v) is 10.3. The summed E-state index contributed by atoms with van der Waals surface area (Å²) in [6.07, 6.45) is 0.738. The largest absolute Gasteiger partial charge is 0.493 e. The Morgan fingerprint density at radius 1 is 1.17 bits per heavy atom. The molecule has 6 nitrogen and oxygen atoms in total. The third-order valence-corrected chi connectivity index (χ3v) is 5.47. The number of benzene rings is 2. The number of halogens is 3. The Kier molecular flexibility index (Phi) is 7.29. The van der Waals surface area contributed by atoms with Crippen LogP contribution in [0.15, 0.2) is 30.3 Å². The van der Waals surface area contributed by atoms with Crippen molar-refractivity contribution in [3.05, 3.63) is 67.1 Å². The van der Waals surface area contributed by atoms with Crippen molar-refractivity contribution in [3.8, 4) is 11.5 Å². The van der Waals surface area contributed by atoms with Gasteiger partial charge in [0.1, 0.15) is 6.61 Å². The van der Waals surface area contributed by atoms with E-state index in [0.29, 0.717) is 43.4 Å². The van der Waals surface area contributed by atoms with E-state index >= 15 is 0 Å². The number of aromatic nitrogens is 3. The Bertz CT molecular complexity index is 1050. The van der Waals surface area contributed by atoms with Gasteiger partial charge in [0.25, 0.3) is 0 Å². The summed E-state index contributed by atoms with van der Waals surface area (Å²) in [4.78, 5) is 0. The zero-order valence-electron chi connectivity index (χ0n) is 15.8. The lowest BCUT2D eigenvalue weighted by atomic mass is 10.2. The fourth-order valence-electron chi connectivity index (χ4n) is 2.73. The molecular weight excluding hydrogens is 455 g/mol. The van der Waals surface area contributed by atoms with Gasteiger partial charge < -0.3 is 14.9 Å². The molecule has 0 unspecified atom stereocenters. The van der Waals surface area contributed by atoms with Gasteiger partial charge in [-0.25, -0.2) is 4.68 Å². The van der Waals surface area contributed by atoms with Crippen LogP contribution in [0.3, 0.4) is 0 Å². The zero-order chi connectivity index (χ0) is 21.0. The third-order valence-electron chi connectivity index (χ3n) is 4.21. The van der Waals surface area contributed by atoms with E-state index in [1.807, 2.05) is 13.0 Å². The Morgan fingerprint density at radius 2 is 1.90 bits per heavy atom. The Labute approximate surface area is 188 Å². The van der Waals surface area contributed by atoms with E-state index in [4.69, 9.17) is 56.5 Å². The van der Waals surface area contributed by atoms with Crippen molar-refractivity contribution in [3.63, 3.8) is 0 Å². The lowest BCUT2D eigenvalue weighted by Gasteiger charge is -2.16. The highest BCUT2D eigenvalue weighted by molar-refractivity contribution is 7.71. The van der Waals surface area contributed by atoms with Gasteiger partial charge in [-0.05, 0) is 42.0 Å². The summed E-state index contributed by atoms with van der Waals surface area (Å²) in [6.45, 7) is 2.63. The summed E-state index contributed by atoms with van der Waals surface area (Å²) in [5, 5.41) is 8.40. The Balaban J connectivity index is 1.78. The summed E-state index contributed by atoms with van der Waals surface area (Å²) in [5.74, 6) is 1.73. The molecule has 0 saturated heterocycles. The van der Waals surface area contributed by atoms with Crippen LogP contribution in [0, 0.1) is 4.77 Å². The van der Waals surface area contributed by atoms with Gasteiger partial charge in [-0.1, -0.05) is 47.8 Å². The van der Waals surface area contributed by atoms with Gasteiger partial charge >= 0.3 is 0 Å². The van der Waals surface area contributed by atoms with Crippen molar-refractivity contribution in [2.24, 2.45) is 0 Å². The first-order chi connectivity index (χ1) is 13.9. The molecule has 0 amide bonds. The van der Waals surface area contributed by atoms with Crippen LogP contribution < -0.4 is 14.9 Å². The number of nitrogens with one attached hydrogen (secondary N) is 2. The molecule has 10 heteroatoms. The number of rotatable bonds is 8. The summed E-state index contributed by atoms with van der Waals surface area (Å²) < 4.78 is 13.6. The van der Waals surface area contributed by atoms with Crippen molar-refractivity contribution in [1.82, 2.24) is 14.9 Å². The van der Waals surface area contributed by atoms with Crippen molar-refractivity contribution in [2.45, 2.75) is 26.5 Å². The highest BCUT2D eigenvalue weighted by Gasteiger charge is 2.15. The zero-order valence-corrected chi connectivity index (χ0v) is 18.8. The molecular formula is C19H19Cl3N4O2S. The van der Waals surface area contributed by atoms with Gasteiger partial charge in [-0.15, -0.1) is 0 Å². The first-order valence-electron chi connectivity index (χ1n) is 8.76. The summed E-state index contributed by atoms with van der Waals surface area (Å²) >= 11 is 24.1. The van der Waals surface area contributed by atoms with Gasteiger partial charge in [0.15, 0.2) is 17.3 Å². The lowest BCUT2D eigenvalue weighted by molar-refractivity contribution is 0.284. The van der Waals surface area contributed by atoms with Crippen LogP contribution in [0.2, 0.25) is 15.1 Å². The second-order valence-corrected chi connectivity index (χ2v) is 7.68. The summed E-state index contributed by atoms with van der Waals surface area (Å²) in [6, 6.07) is 8.93. The molecule has 0 bridgehead atoms. The molecule has 0 aliphatic rings. The highest BCUT2D eigenvalue weighted by Crippen LogP contribution is 2.38. The molecule has 0 aliphatic heterocycles. The Hall–Kier alpha value is -1.93. The normalized spacial score (nSPS) is 10.8. The van der Waals surface area contributed by atoms with Gasteiger partial charge in [-0.3, -0.25) is 5.10 Å². The summed E-state index contributed by atoms with van der Waals surface area (Å²) in [7, 11) is 1.56. The average Bonchev–Trinajstić information content (AvgIpc) is 3.06. The van der Waals surface area contributed by atoms with Crippen molar-refractivity contribution in [1.29, 1.82) is 0 Å². The maximum Gasteiger partial charge on any atom is 0.214 e. The SMILES string of the molecule is CCc1n[nH]c(=S)n1NCc1cc(Cl)c(OCc2c(Cl)cccc2Cl)c(OC)c1. The number of hydrogen-bond donors (Lipinski definition) is 2. The molecule has 3 rings (SSSR count). The number of ether oxygens (including phenoxy) is 2. The Morgan fingerprint density at radius 3 is 2.55 bits per heavy atom. The molecule has 0 fully saturated rings. The molecule has 2 N–H and O–H groups in total. The van der Waals surface area contributed by atoms with Gasteiger partial charge in [0.2, 0.25) is 4.77 Å². The molecule has 1 heterocycles. The molecule has 1 aromatic heterocycles. The van der Waals surface area contributed by atoms with Crippen molar-refractivity contribution < 1.29 is 9.47 Å². The molecule has 0 aliphatic carbocycles. The van der Waals surface area contributed by atoms with E-state index in [-0.39, 0.29) is 6.61 Å². The third kappa shape index (κ3) is 4.98. The van der Waals surface area contributed by atoms with E-state index in [1.54, 1.807) is 36.1 Å². The van der Waals surface area contributed by atoms with E-state index in [0.717, 1.165) is 17.8 Å². The van der Waals surface area contributed by atoms with Gasteiger partial charge in [0.05, 0.1) is 18.7 Å². The molecule has 154 valence electrons. The molecule has 0 atom stereocenters. The van der Waals surface area contributed by atoms with E-state index in [1.165, 1.54) is 0 Å². The van der Waals surface area contributed by atoms with Crippen LogP contribution in [-0.2, 0) is 19.6 Å². The fourth-order valence-corrected chi connectivity index (χ4v) is 3.74. The molecule has 29 heavy (non-hydrogen) atoms. The molecule has 0 saturated carbocycles. The molecule has 0 spiro atoms. The van der Waals surface area contributed by atoms with Crippen LogP contribution in [0.5, 0.6) is 11.5 Å². The monoisotopic (exact) mass is 472 g/mol. The maximum atomic E-state index is 6.46. The molecule has 0 radical (unpaired) electrons. The molecule has 2 aromatic carbocycles.